The second kappa shape index (κ2) is 12.0. The minimum absolute atomic E-state index is 0.00522. The first-order valence-electron chi connectivity index (χ1n) is 12.8. The van der Waals surface area contributed by atoms with E-state index in [1.165, 1.54) is 43.5 Å². The zero-order chi connectivity index (χ0) is 30.3. The van der Waals surface area contributed by atoms with E-state index in [-0.39, 0.29) is 46.1 Å². The van der Waals surface area contributed by atoms with Crippen molar-refractivity contribution in [2.24, 2.45) is 0 Å². The highest BCUT2D eigenvalue weighted by molar-refractivity contribution is 5.86. The van der Waals surface area contributed by atoms with E-state index in [0.717, 1.165) is 0 Å². The maximum absolute atomic E-state index is 13.0. The first-order chi connectivity index (χ1) is 20.0. The second-order valence-corrected chi connectivity index (χ2v) is 9.89. The molecule has 2 aliphatic rings. The predicted octanol–water partition coefficient (Wildman–Crippen LogP) is -1.48. The number of phenolic OH excluding ortho intramolecular Hbond substituents is 2. The molecule has 1 aromatic heterocycles. The highest BCUT2D eigenvalue weighted by Crippen LogP contribution is 2.35. The molecule has 2 aliphatic heterocycles. The van der Waals surface area contributed by atoms with Gasteiger partial charge >= 0.3 is 0 Å². The van der Waals surface area contributed by atoms with Crippen LogP contribution in [0.5, 0.6) is 23.0 Å². The standard InChI is InChI=1S/C27H30O15/c1-37-17-5-11(6-18-20(17)14(30)7-16(41-18)10-2-3-12(28)13(29)4-10)40-27-25(36)23(34)22(33)19(42-27)9-39-26-24(35)21(32)15(31)8-38-26/h2-7,15,19,21-29,31-36H,8-9H2,1H3. The monoisotopic (exact) mass is 594 g/mol. The van der Waals surface area contributed by atoms with Crippen LogP contribution in [0.3, 0.4) is 0 Å². The Bertz CT molecular complexity index is 1470. The van der Waals surface area contributed by atoms with Crippen LogP contribution in [-0.4, -0.2) is 116 Å². The number of hydrogen-bond donors (Lipinski definition) is 8. The lowest BCUT2D eigenvalue weighted by atomic mass is 9.99. The summed E-state index contributed by atoms with van der Waals surface area (Å²) >= 11 is 0. The van der Waals surface area contributed by atoms with Gasteiger partial charge in [-0.05, 0) is 18.2 Å². The van der Waals surface area contributed by atoms with Crippen LogP contribution < -0.4 is 14.9 Å². The molecule has 15 nitrogen and oxygen atoms in total. The van der Waals surface area contributed by atoms with Gasteiger partial charge in [0.2, 0.25) is 6.29 Å². The molecule has 0 aliphatic carbocycles. The van der Waals surface area contributed by atoms with E-state index in [2.05, 4.69) is 0 Å². The van der Waals surface area contributed by atoms with Gasteiger partial charge in [-0.15, -0.1) is 0 Å². The molecule has 0 amide bonds. The number of methoxy groups -OCH3 is 1. The van der Waals surface area contributed by atoms with Gasteiger partial charge in [0, 0.05) is 23.8 Å². The number of phenols is 2. The fraction of sp³-hybridized carbons (Fsp3) is 0.444. The van der Waals surface area contributed by atoms with Crippen molar-refractivity contribution in [2.45, 2.75) is 55.3 Å². The zero-order valence-electron chi connectivity index (χ0n) is 22.0. The Hall–Kier alpha value is -3.51. The van der Waals surface area contributed by atoms with Crippen molar-refractivity contribution in [3.63, 3.8) is 0 Å². The van der Waals surface area contributed by atoms with Crippen LogP contribution in [0.4, 0.5) is 0 Å². The van der Waals surface area contributed by atoms with E-state index in [9.17, 15) is 45.6 Å². The van der Waals surface area contributed by atoms with Gasteiger partial charge in [0.05, 0.1) is 20.3 Å². The zero-order valence-corrected chi connectivity index (χ0v) is 22.0. The van der Waals surface area contributed by atoms with Crippen molar-refractivity contribution in [1.82, 2.24) is 0 Å². The minimum Gasteiger partial charge on any atom is -0.504 e. The first kappa shape index (κ1) is 30.0. The lowest BCUT2D eigenvalue weighted by Gasteiger charge is -2.41. The molecule has 3 aromatic rings. The Labute approximate surface area is 236 Å². The van der Waals surface area contributed by atoms with Crippen LogP contribution in [-0.2, 0) is 14.2 Å². The molecular formula is C27H30O15. The summed E-state index contributed by atoms with van der Waals surface area (Å²) in [5.41, 5.74) is -0.208. The number of hydrogen-bond acceptors (Lipinski definition) is 15. The van der Waals surface area contributed by atoms with Crippen molar-refractivity contribution in [1.29, 1.82) is 0 Å². The molecule has 42 heavy (non-hydrogen) atoms. The van der Waals surface area contributed by atoms with E-state index in [1.54, 1.807) is 0 Å². The smallest absolute Gasteiger partial charge is 0.229 e. The fourth-order valence-corrected chi connectivity index (χ4v) is 4.68. The summed E-state index contributed by atoms with van der Waals surface area (Å²) in [4.78, 5) is 13.0. The molecule has 0 radical (unpaired) electrons. The van der Waals surface area contributed by atoms with Crippen molar-refractivity contribution in [2.75, 3.05) is 20.3 Å². The van der Waals surface area contributed by atoms with Gasteiger partial charge in [-0.2, -0.15) is 0 Å². The second-order valence-electron chi connectivity index (χ2n) is 9.89. The summed E-state index contributed by atoms with van der Waals surface area (Å²) < 4.78 is 33.2. The van der Waals surface area contributed by atoms with Gasteiger partial charge in [-0.25, -0.2) is 0 Å². The third-order valence-corrected chi connectivity index (χ3v) is 7.05. The summed E-state index contributed by atoms with van der Waals surface area (Å²) in [6.45, 7) is -0.798. The molecule has 9 unspecified atom stereocenters. The third-order valence-electron chi connectivity index (χ3n) is 7.05. The lowest BCUT2D eigenvalue weighted by molar-refractivity contribution is -0.307. The molecule has 15 heteroatoms. The van der Waals surface area contributed by atoms with E-state index in [1.807, 2.05) is 0 Å². The van der Waals surface area contributed by atoms with Crippen molar-refractivity contribution in [3.8, 4) is 34.3 Å². The molecule has 2 fully saturated rings. The highest BCUT2D eigenvalue weighted by atomic mass is 16.7. The first-order valence-corrected chi connectivity index (χ1v) is 12.8. The molecule has 0 bridgehead atoms. The molecule has 8 N–H and O–H groups in total. The highest BCUT2D eigenvalue weighted by Gasteiger charge is 2.46. The lowest BCUT2D eigenvalue weighted by Crippen LogP contribution is -2.61. The Kier molecular flexibility index (Phi) is 8.56. The van der Waals surface area contributed by atoms with E-state index >= 15 is 0 Å². The van der Waals surface area contributed by atoms with Crippen LogP contribution >= 0.6 is 0 Å². The van der Waals surface area contributed by atoms with Crippen molar-refractivity contribution in [3.05, 3.63) is 46.6 Å². The molecule has 9 atom stereocenters. The number of rotatable bonds is 7. The van der Waals surface area contributed by atoms with Crippen molar-refractivity contribution < 1.29 is 69.0 Å². The van der Waals surface area contributed by atoms with Gasteiger partial charge in [-0.3, -0.25) is 4.79 Å². The summed E-state index contributed by atoms with van der Waals surface area (Å²) in [7, 11) is 1.31. The molecule has 2 aromatic carbocycles. The molecule has 228 valence electrons. The average Bonchev–Trinajstić information content (AvgIpc) is 2.97. The van der Waals surface area contributed by atoms with Crippen molar-refractivity contribution >= 4 is 11.0 Å². The van der Waals surface area contributed by atoms with Crippen LogP contribution in [0.15, 0.2) is 45.6 Å². The molecule has 3 heterocycles. The van der Waals surface area contributed by atoms with Crippen LogP contribution in [0.25, 0.3) is 22.3 Å². The number of aliphatic hydroxyl groups excluding tert-OH is 6. The third kappa shape index (κ3) is 5.74. The van der Waals surface area contributed by atoms with E-state index in [4.69, 9.17) is 28.1 Å². The summed E-state index contributed by atoms with van der Waals surface area (Å²) in [6, 6.07) is 7.67. The maximum Gasteiger partial charge on any atom is 0.229 e. The van der Waals surface area contributed by atoms with E-state index in [0.29, 0.717) is 0 Å². The summed E-state index contributed by atoms with van der Waals surface area (Å²) in [5.74, 6) is -0.711. The van der Waals surface area contributed by atoms with Crippen LogP contribution in [0.1, 0.15) is 0 Å². The number of fused-ring (bicyclic) bond motifs is 1. The minimum atomic E-state index is -1.75. The number of aromatic hydroxyl groups is 2. The normalized spacial score (nSPS) is 31.6. The molecule has 2 saturated heterocycles. The fourth-order valence-electron chi connectivity index (χ4n) is 4.68. The molecule has 0 spiro atoms. The number of aliphatic hydroxyl groups is 6. The topological polar surface area (TPSA) is 238 Å². The predicted molar refractivity (Wildman–Crippen MR) is 139 cm³/mol. The Balaban J connectivity index is 1.39. The van der Waals surface area contributed by atoms with Gasteiger partial charge in [-0.1, -0.05) is 0 Å². The summed E-state index contributed by atoms with van der Waals surface area (Å²) in [6.07, 6.45) is -13.9. The largest absolute Gasteiger partial charge is 0.504 e. The van der Waals surface area contributed by atoms with E-state index < -0.39 is 73.1 Å². The van der Waals surface area contributed by atoms with Gasteiger partial charge in [0.1, 0.15) is 71.0 Å². The Morgan fingerprint density at radius 2 is 1.60 bits per heavy atom. The van der Waals surface area contributed by atoms with Gasteiger partial charge in [0.25, 0.3) is 0 Å². The molecule has 5 rings (SSSR count). The quantitative estimate of drug-likeness (QED) is 0.146. The summed E-state index contributed by atoms with van der Waals surface area (Å²) in [5, 5.41) is 80.5. The van der Waals surface area contributed by atoms with Crippen LogP contribution in [0.2, 0.25) is 0 Å². The maximum atomic E-state index is 13.0. The average molecular weight is 595 g/mol. The van der Waals surface area contributed by atoms with Crippen LogP contribution in [0, 0.1) is 0 Å². The molecular weight excluding hydrogens is 564 g/mol. The SMILES string of the molecule is COc1cc(OC2OC(COC3OCC(O)C(O)C3O)C(O)C(O)C2O)cc2oc(-c3ccc(O)c(O)c3)cc(=O)c12. The van der Waals surface area contributed by atoms with Gasteiger partial charge in [0.15, 0.2) is 23.2 Å². The Morgan fingerprint density at radius 1 is 0.857 bits per heavy atom. The van der Waals surface area contributed by atoms with Gasteiger partial charge < -0.3 is 69.0 Å². The Morgan fingerprint density at radius 3 is 2.31 bits per heavy atom. The number of benzene rings is 2. The number of ether oxygens (including phenoxy) is 5. The molecule has 0 saturated carbocycles.